The minimum absolute atomic E-state index is 0.308. The van der Waals surface area contributed by atoms with Gasteiger partial charge in [0.1, 0.15) is 17.9 Å². The molecule has 0 bridgehead atoms. The number of nitrogen functional groups attached to an aromatic ring is 1. The van der Waals surface area contributed by atoms with Crippen LogP contribution in [0.1, 0.15) is 33.0 Å². The van der Waals surface area contributed by atoms with Crippen LogP contribution in [0.4, 0.5) is 5.82 Å². The Morgan fingerprint density at radius 1 is 1.32 bits per heavy atom. The first-order chi connectivity index (χ1) is 11.8. The quantitative estimate of drug-likeness (QED) is 0.746. The number of para-hydroxylation sites is 1. The third-order valence-corrected chi connectivity index (χ3v) is 4.70. The third-order valence-electron chi connectivity index (χ3n) is 4.70. The van der Waals surface area contributed by atoms with Crippen LogP contribution in [0.15, 0.2) is 24.3 Å². The molecule has 132 valence electrons. The summed E-state index contributed by atoms with van der Waals surface area (Å²) in [5.74, 6) is 1.80. The van der Waals surface area contributed by atoms with Gasteiger partial charge in [0, 0.05) is 5.39 Å². The molecule has 6 nitrogen and oxygen atoms in total. The number of fused-ring (bicyclic) bond motifs is 3. The lowest BCUT2D eigenvalue weighted by molar-refractivity contribution is 0.0551. The van der Waals surface area contributed by atoms with Crippen molar-refractivity contribution in [1.29, 1.82) is 0 Å². The Kier molecular flexibility index (Phi) is 3.70. The number of hydrogen-bond donors (Lipinski definition) is 2. The van der Waals surface area contributed by atoms with E-state index in [1.165, 1.54) is 0 Å². The smallest absolute Gasteiger partial charge is 0.152 e. The van der Waals surface area contributed by atoms with Crippen molar-refractivity contribution in [3.8, 4) is 0 Å². The number of hydrogen-bond acceptors (Lipinski definition) is 5. The Balaban J connectivity index is 1.89. The Hall–Kier alpha value is -2.18. The van der Waals surface area contributed by atoms with Gasteiger partial charge in [0.05, 0.1) is 29.3 Å². The summed E-state index contributed by atoms with van der Waals surface area (Å²) in [5.41, 5.74) is 7.70. The maximum absolute atomic E-state index is 10.4. The monoisotopic (exact) mass is 340 g/mol. The summed E-state index contributed by atoms with van der Waals surface area (Å²) < 4.78 is 7.99. The van der Waals surface area contributed by atoms with Crippen molar-refractivity contribution in [2.45, 2.75) is 52.0 Å². The molecule has 1 saturated carbocycles. The number of ether oxygens (including phenoxy) is 1. The maximum Gasteiger partial charge on any atom is 0.152 e. The molecule has 2 unspecified atom stereocenters. The van der Waals surface area contributed by atoms with E-state index in [9.17, 15) is 5.11 Å². The highest BCUT2D eigenvalue weighted by atomic mass is 16.5. The van der Waals surface area contributed by atoms with E-state index in [-0.39, 0.29) is 0 Å². The molecule has 2 heterocycles. The largest absolute Gasteiger partial charge is 0.389 e. The molecule has 3 aromatic rings. The summed E-state index contributed by atoms with van der Waals surface area (Å²) in [6.45, 7) is 6.58. The number of aromatic nitrogens is 3. The lowest BCUT2D eigenvalue weighted by Crippen LogP contribution is -2.27. The molecule has 1 fully saturated rings. The van der Waals surface area contributed by atoms with Crippen LogP contribution in [0.25, 0.3) is 21.9 Å². The lowest BCUT2D eigenvalue weighted by Gasteiger charge is -2.20. The first kappa shape index (κ1) is 16.3. The molecule has 25 heavy (non-hydrogen) atoms. The number of pyridine rings is 1. The number of imidazole rings is 1. The fourth-order valence-electron chi connectivity index (χ4n) is 3.27. The molecule has 1 aromatic carbocycles. The molecule has 0 aliphatic heterocycles. The van der Waals surface area contributed by atoms with E-state index in [1.807, 2.05) is 28.8 Å². The summed E-state index contributed by atoms with van der Waals surface area (Å²) in [4.78, 5) is 9.18. The van der Waals surface area contributed by atoms with Crippen LogP contribution in [-0.4, -0.2) is 31.3 Å². The van der Waals surface area contributed by atoms with E-state index in [4.69, 9.17) is 15.5 Å². The highest BCUT2D eigenvalue weighted by molar-refractivity contribution is 6.06. The van der Waals surface area contributed by atoms with Crippen molar-refractivity contribution in [1.82, 2.24) is 14.5 Å². The average Bonchev–Trinajstić information content (AvgIpc) is 3.12. The summed E-state index contributed by atoms with van der Waals surface area (Å²) in [6, 6.07) is 7.87. The van der Waals surface area contributed by atoms with E-state index in [1.54, 1.807) is 13.8 Å². The predicted molar refractivity (Wildman–Crippen MR) is 98.1 cm³/mol. The summed E-state index contributed by atoms with van der Waals surface area (Å²) in [6.07, 6.45) is 1.40. The standard InChI is InChI=1S/C19H24N4O2/c1-11-8-14(11)25-9-15-22-16-17(23(15)10-19(2,3)24)12-6-4-5-7-13(12)21-18(16)20/h4-7,11,14,24H,8-10H2,1-3H3,(H2,20,21). The average molecular weight is 340 g/mol. The molecule has 2 atom stereocenters. The van der Waals surface area contributed by atoms with Crippen molar-refractivity contribution in [2.75, 3.05) is 5.73 Å². The van der Waals surface area contributed by atoms with E-state index < -0.39 is 5.60 Å². The number of nitrogens with zero attached hydrogens (tertiary/aromatic N) is 3. The SMILES string of the molecule is CC1CC1OCc1nc2c(N)nc3ccccc3c2n1CC(C)(C)O. The van der Waals surface area contributed by atoms with E-state index in [2.05, 4.69) is 11.9 Å². The van der Waals surface area contributed by atoms with Gasteiger partial charge in [0.15, 0.2) is 5.82 Å². The van der Waals surface area contributed by atoms with Gasteiger partial charge in [-0.3, -0.25) is 0 Å². The summed E-state index contributed by atoms with van der Waals surface area (Å²) in [5, 5.41) is 11.4. The molecule has 1 aliphatic rings. The number of nitrogens with two attached hydrogens (primary N) is 1. The molecular formula is C19H24N4O2. The first-order valence-electron chi connectivity index (χ1n) is 8.71. The van der Waals surface area contributed by atoms with E-state index in [0.29, 0.717) is 36.5 Å². The highest BCUT2D eigenvalue weighted by Gasteiger charge is 2.34. The zero-order chi connectivity index (χ0) is 17.8. The van der Waals surface area contributed by atoms with Crippen molar-refractivity contribution in [3.63, 3.8) is 0 Å². The zero-order valence-electron chi connectivity index (χ0n) is 14.9. The van der Waals surface area contributed by atoms with Crippen LogP contribution in [0.3, 0.4) is 0 Å². The van der Waals surface area contributed by atoms with Crippen LogP contribution in [-0.2, 0) is 17.9 Å². The molecule has 0 saturated heterocycles. The Morgan fingerprint density at radius 2 is 2.04 bits per heavy atom. The molecule has 6 heteroatoms. The van der Waals surface area contributed by atoms with Crippen LogP contribution < -0.4 is 5.73 Å². The van der Waals surface area contributed by atoms with E-state index >= 15 is 0 Å². The van der Waals surface area contributed by atoms with Crippen LogP contribution in [0.5, 0.6) is 0 Å². The molecule has 2 aromatic heterocycles. The number of benzene rings is 1. The van der Waals surface area contributed by atoms with Gasteiger partial charge in [0.25, 0.3) is 0 Å². The maximum atomic E-state index is 10.4. The van der Waals surface area contributed by atoms with E-state index in [0.717, 1.165) is 28.7 Å². The van der Waals surface area contributed by atoms with Gasteiger partial charge in [-0.2, -0.15) is 0 Å². The fourth-order valence-corrected chi connectivity index (χ4v) is 3.27. The van der Waals surface area contributed by atoms with Crippen LogP contribution in [0.2, 0.25) is 0 Å². The van der Waals surface area contributed by atoms with Gasteiger partial charge in [-0.15, -0.1) is 0 Å². The zero-order valence-corrected chi connectivity index (χ0v) is 14.9. The van der Waals surface area contributed by atoms with Crippen LogP contribution in [0, 0.1) is 5.92 Å². The van der Waals surface area contributed by atoms with Gasteiger partial charge >= 0.3 is 0 Å². The normalized spacial score (nSPS) is 20.5. The van der Waals surface area contributed by atoms with Crippen molar-refractivity contribution in [2.24, 2.45) is 5.92 Å². The second-order valence-electron chi connectivity index (χ2n) is 7.70. The molecule has 1 aliphatic carbocycles. The van der Waals surface area contributed by atoms with Gasteiger partial charge in [-0.1, -0.05) is 25.1 Å². The highest BCUT2D eigenvalue weighted by Crippen LogP contribution is 2.34. The molecule has 3 N–H and O–H groups in total. The molecule has 4 rings (SSSR count). The van der Waals surface area contributed by atoms with Crippen molar-refractivity contribution < 1.29 is 9.84 Å². The minimum Gasteiger partial charge on any atom is -0.389 e. The van der Waals surface area contributed by atoms with Crippen LogP contribution >= 0.6 is 0 Å². The molecule has 0 spiro atoms. The topological polar surface area (TPSA) is 86.2 Å². The molecule has 0 radical (unpaired) electrons. The second-order valence-corrected chi connectivity index (χ2v) is 7.70. The van der Waals surface area contributed by atoms with Crippen molar-refractivity contribution >= 4 is 27.8 Å². The summed E-state index contributed by atoms with van der Waals surface area (Å²) in [7, 11) is 0. The second kappa shape index (κ2) is 5.68. The fraction of sp³-hybridized carbons (Fsp3) is 0.474. The summed E-state index contributed by atoms with van der Waals surface area (Å²) >= 11 is 0. The number of aliphatic hydroxyl groups is 1. The molecule has 0 amide bonds. The number of rotatable bonds is 5. The Morgan fingerprint density at radius 3 is 2.72 bits per heavy atom. The first-order valence-corrected chi connectivity index (χ1v) is 8.71. The third kappa shape index (κ3) is 3.07. The molecular weight excluding hydrogens is 316 g/mol. The van der Waals surface area contributed by atoms with Gasteiger partial charge < -0.3 is 20.1 Å². The van der Waals surface area contributed by atoms with Gasteiger partial charge in [0.2, 0.25) is 0 Å². The van der Waals surface area contributed by atoms with Gasteiger partial charge in [-0.05, 0) is 32.3 Å². The Bertz CT molecular complexity index is 942. The lowest BCUT2D eigenvalue weighted by atomic mass is 10.1. The van der Waals surface area contributed by atoms with Gasteiger partial charge in [-0.25, -0.2) is 9.97 Å². The number of anilines is 1. The Labute approximate surface area is 146 Å². The van der Waals surface area contributed by atoms with Crippen molar-refractivity contribution in [3.05, 3.63) is 30.1 Å². The predicted octanol–water partition coefficient (Wildman–Crippen LogP) is 2.86. The minimum atomic E-state index is -0.881.